The average Bonchev–Trinajstić information content (AvgIpc) is 2.34. The second kappa shape index (κ2) is 7.19. The Morgan fingerprint density at radius 3 is 2.82 bits per heavy atom. The van der Waals surface area contributed by atoms with E-state index < -0.39 is 5.97 Å². The summed E-state index contributed by atoms with van der Waals surface area (Å²) in [6.45, 7) is 0.203. The Morgan fingerprint density at radius 2 is 2.24 bits per heavy atom. The highest BCUT2D eigenvalue weighted by molar-refractivity contribution is 7.98. The largest absolute Gasteiger partial charge is 0.496 e. The second-order valence-corrected chi connectivity index (χ2v) is 4.57. The van der Waals surface area contributed by atoms with Crippen molar-refractivity contribution < 1.29 is 19.7 Å². The van der Waals surface area contributed by atoms with Crippen LogP contribution in [0.25, 0.3) is 0 Å². The minimum atomic E-state index is -0.985. The van der Waals surface area contributed by atoms with Crippen molar-refractivity contribution in [2.75, 3.05) is 19.5 Å². The monoisotopic (exact) mass is 256 g/mol. The summed E-state index contributed by atoms with van der Waals surface area (Å²) in [5, 5.41) is 17.6. The van der Waals surface area contributed by atoms with Crippen molar-refractivity contribution in [1.82, 2.24) is 0 Å². The van der Waals surface area contributed by atoms with E-state index >= 15 is 0 Å². The highest BCUT2D eigenvalue weighted by Gasteiger charge is 2.10. The molecule has 0 spiro atoms. The Bertz CT molecular complexity index is 379. The number of aliphatic hydroxyl groups excluding tert-OH is 1. The first kappa shape index (κ1) is 13.9. The van der Waals surface area contributed by atoms with Gasteiger partial charge in [0, 0.05) is 12.4 Å². The number of aliphatic hydroxyl groups is 1. The molecule has 1 rings (SSSR count). The number of carboxylic acid groups (broad SMARTS) is 1. The van der Waals surface area contributed by atoms with Crippen molar-refractivity contribution >= 4 is 17.7 Å². The van der Waals surface area contributed by atoms with Crippen LogP contribution in [0.15, 0.2) is 18.2 Å². The van der Waals surface area contributed by atoms with Crippen molar-refractivity contribution in [2.24, 2.45) is 0 Å². The molecule has 0 unspecified atom stereocenters. The number of methoxy groups -OCH3 is 1. The topological polar surface area (TPSA) is 66.8 Å². The molecule has 0 saturated carbocycles. The van der Waals surface area contributed by atoms with Crippen LogP contribution in [0.1, 0.15) is 22.3 Å². The third-order valence-electron chi connectivity index (χ3n) is 2.21. The van der Waals surface area contributed by atoms with Crippen LogP contribution in [0.2, 0.25) is 0 Å². The summed E-state index contributed by atoms with van der Waals surface area (Å²) in [7, 11) is 1.46. The van der Waals surface area contributed by atoms with E-state index in [0.29, 0.717) is 5.75 Å². The Kier molecular flexibility index (Phi) is 5.86. The van der Waals surface area contributed by atoms with Gasteiger partial charge in [-0.25, -0.2) is 4.79 Å². The summed E-state index contributed by atoms with van der Waals surface area (Å²) >= 11 is 1.70. The Labute approximate surface area is 105 Å². The molecule has 0 heterocycles. The van der Waals surface area contributed by atoms with Gasteiger partial charge in [-0.2, -0.15) is 11.8 Å². The van der Waals surface area contributed by atoms with E-state index in [0.717, 1.165) is 23.5 Å². The highest BCUT2D eigenvalue weighted by atomic mass is 32.2. The molecule has 0 aromatic heterocycles. The van der Waals surface area contributed by atoms with Gasteiger partial charge in [0.1, 0.15) is 11.3 Å². The van der Waals surface area contributed by atoms with Gasteiger partial charge >= 0.3 is 5.97 Å². The second-order valence-electron chi connectivity index (χ2n) is 3.47. The normalized spacial score (nSPS) is 10.2. The SMILES string of the molecule is COc1cc(CSCCCO)ccc1C(=O)O. The maximum atomic E-state index is 10.9. The molecule has 0 aliphatic heterocycles. The van der Waals surface area contributed by atoms with Crippen LogP contribution >= 0.6 is 11.8 Å². The summed E-state index contributed by atoms with van der Waals surface area (Å²) in [5.74, 6) is 1.08. The zero-order valence-electron chi connectivity index (χ0n) is 9.68. The fourth-order valence-corrected chi connectivity index (χ4v) is 2.25. The fraction of sp³-hybridized carbons (Fsp3) is 0.417. The lowest BCUT2D eigenvalue weighted by molar-refractivity contribution is 0.0693. The van der Waals surface area contributed by atoms with Crippen LogP contribution in [-0.2, 0) is 5.75 Å². The molecule has 0 radical (unpaired) electrons. The molecule has 0 atom stereocenters. The van der Waals surface area contributed by atoms with E-state index in [2.05, 4.69) is 0 Å². The summed E-state index contributed by atoms with van der Waals surface area (Å²) in [5.41, 5.74) is 1.20. The molecule has 4 nitrogen and oxygen atoms in total. The number of benzene rings is 1. The van der Waals surface area contributed by atoms with Crippen LogP contribution in [0.4, 0.5) is 0 Å². The lowest BCUT2D eigenvalue weighted by atomic mass is 10.1. The van der Waals surface area contributed by atoms with Crippen molar-refractivity contribution in [1.29, 1.82) is 0 Å². The number of thioether (sulfide) groups is 1. The molecule has 2 N–H and O–H groups in total. The Balaban J connectivity index is 2.66. The molecule has 17 heavy (non-hydrogen) atoms. The lowest BCUT2D eigenvalue weighted by Crippen LogP contribution is -2.01. The first-order valence-electron chi connectivity index (χ1n) is 5.28. The zero-order chi connectivity index (χ0) is 12.7. The molecule has 0 fully saturated rings. The first-order valence-corrected chi connectivity index (χ1v) is 6.43. The number of ether oxygens (including phenoxy) is 1. The smallest absolute Gasteiger partial charge is 0.339 e. The van der Waals surface area contributed by atoms with Gasteiger partial charge in [-0.15, -0.1) is 0 Å². The van der Waals surface area contributed by atoms with Crippen molar-refractivity contribution in [3.63, 3.8) is 0 Å². The van der Waals surface area contributed by atoms with E-state index in [1.165, 1.54) is 7.11 Å². The quantitative estimate of drug-likeness (QED) is 0.730. The first-order chi connectivity index (χ1) is 8.19. The van der Waals surface area contributed by atoms with Crippen LogP contribution < -0.4 is 4.74 Å². The predicted octanol–water partition coefficient (Wildman–Crippen LogP) is 2.01. The molecule has 0 saturated heterocycles. The molecular weight excluding hydrogens is 240 g/mol. The van der Waals surface area contributed by atoms with Crippen molar-refractivity contribution in [3.05, 3.63) is 29.3 Å². The minimum absolute atomic E-state index is 0.177. The summed E-state index contributed by atoms with van der Waals surface area (Å²) in [4.78, 5) is 10.9. The average molecular weight is 256 g/mol. The van der Waals surface area contributed by atoms with Gasteiger partial charge in [0.25, 0.3) is 0 Å². The number of hydrogen-bond acceptors (Lipinski definition) is 4. The molecule has 94 valence electrons. The van der Waals surface area contributed by atoms with Crippen molar-refractivity contribution in [2.45, 2.75) is 12.2 Å². The molecule has 0 bridgehead atoms. The predicted molar refractivity (Wildman–Crippen MR) is 67.8 cm³/mol. The van der Waals surface area contributed by atoms with Gasteiger partial charge in [0.2, 0.25) is 0 Å². The lowest BCUT2D eigenvalue weighted by Gasteiger charge is -2.07. The summed E-state index contributed by atoms with van der Waals surface area (Å²) < 4.78 is 5.04. The van der Waals surface area contributed by atoms with E-state index in [-0.39, 0.29) is 12.2 Å². The van der Waals surface area contributed by atoms with E-state index in [1.54, 1.807) is 30.0 Å². The number of aromatic carboxylic acids is 1. The van der Waals surface area contributed by atoms with Gasteiger partial charge in [-0.3, -0.25) is 0 Å². The van der Waals surface area contributed by atoms with Gasteiger partial charge < -0.3 is 14.9 Å². The maximum absolute atomic E-state index is 10.9. The molecule has 1 aromatic rings. The molecule has 0 aliphatic carbocycles. The number of hydrogen-bond donors (Lipinski definition) is 2. The van der Waals surface area contributed by atoms with Crippen LogP contribution in [-0.4, -0.2) is 35.7 Å². The van der Waals surface area contributed by atoms with Gasteiger partial charge in [0.15, 0.2) is 0 Å². The standard InChI is InChI=1S/C12H16O4S/c1-16-11-7-9(8-17-6-2-5-13)3-4-10(11)12(14)15/h3-4,7,13H,2,5-6,8H2,1H3,(H,14,15). The minimum Gasteiger partial charge on any atom is -0.496 e. The molecular formula is C12H16O4S. The Hall–Kier alpha value is -1.20. The van der Waals surface area contributed by atoms with Gasteiger partial charge in [-0.05, 0) is 29.9 Å². The number of carboxylic acids is 1. The molecule has 0 amide bonds. The van der Waals surface area contributed by atoms with E-state index in [1.807, 2.05) is 0 Å². The van der Waals surface area contributed by atoms with Crippen LogP contribution in [0, 0.1) is 0 Å². The van der Waals surface area contributed by atoms with Gasteiger partial charge in [-0.1, -0.05) is 6.07 Å². The highest BCUT2D eigenvalue weighted by Crippen LogP contribution is 2.23. The van der Waals surface area contributed by atoms with E-state index in [9.17, 15) is 4.79 Å². The molecule has 5 heteroatoms. The summed E-state index contributed by atoms with van der Waals surface area (Å²) in [6.07, 6.45) is 0.773. The fourth-order valence-electron chi connectivity index (χ4n) is 1.36. The van der Waals surface area contributed by atoms with Crippen LogP contribution in [0.3, 0.4) is 0 Å². The maximum Gasteiger partial charge on any atom is 0.339 e. The Morgan fingerprint density at radius 1 is 1.47 bits per heavy atom. The number of carbonyl (C=O) groups is 1. The number of rotatable bonds is 7. The van der Waals surface area contributed by atoms with Crippen LogP contribution in [0.5, 0.6) is 5.75 Å². The van der Waals surface area contributed by atoms with E-state index in [4.69, 9.17) is 14.9 Å². The van der Waals surface area contributed by atoms with Gasteiger partial charge in [0.05, 0.1) is 7.11 Å². The third kappa shape index (κ3) is 4.28. The third-order valence-corrected chi connectivity index (χ3v) is 3.33. The molecule has 0 aliphatic rings. The van der Waals surface area contributed by atoms with Crippen molar-refractivity contribution in [3.8, 4) is 5.75 Å². The molecule has 1 aromatic carbocycles. The summed E-state index contributed by atoms with van der Waals surface area (Å²) in [6, 6.07) is 5.09. The zero-order valence-corrected chi connectivity index (χ0v) is 10.5.